The van der Waals surface area contributed by atoms with Crippen LogP contribution in [-0.4, -0.2) is 31.0 Å². The van der Waals surface area contributed by atoms with Gasteiger partial charge in [-0.05, 0) is 30.3 Å². The fourth-order valence-corrected chi connectivity index (χ4v) is 4.02. The van der Waals surface area contributed by atoms with Crippen molar-refractivity contribution in [2.24, 2.45) is 0 Å². The molecule has 1 aliphatic rings. The van der Waals surface area contributed by atoms with Gasteiger partial charge in [0.25, 0.3) is 11.7 Å². The van der Waals surface area contributed by atoms with Crippen LogP contribution >= 0.6 is 0 Å². The Morgan fingerprint density at radius 3 is 2.26 bits per heavy atom. The largest absolute Gasteiger partial charge is 0.507 e. The highest BCUT2D eigenvalue weighted by Gasteiger charge is 2.48. The number of ketones is 1. The monoisotopic (exact) mass is 483 g/mol. The Balaban J connectivity index is 2.00. The number of ether oxygens (including phenoxy) is 2. The van der Waals surface area contributed by atoms with Crippen molar-refractivity contribution in [2.75, 3.05) is 19.1 Å². The third-order valence-electron chi connectivity index (χ3n) is 5.68. The minimum absolute atomic E-state index is 0.156. The number of rotatable bonds is 5. The Morgan fingerprint density at radius 1 is 0.914 bits per heavy atom. The summed E-state index contributed by atoms with van der Waals surface area (Å²) in [5.74, 6) is -1.94. The smallest absolute Gasteiger partial charge is 0.416 e. The highest BCUT2D eigenvalue weighted by atomic mass is 19.4. The van der Waals surface area contributed by atoms with Gasteiger partial charge < -0.3 is 14.6 Å². The first kappa shape index (κ1) is 23.9. The number of carbonyl (C=O) groups excluding carboxylic acids is 2. The molecular formula is C26H20F3NO5. The molecule has 35 heavy (non-hydrogen) atoms. The van der Waals surface area contributed by atoms with Gasteiger partial charge in [0.2, 0.25) is 0 Å². The molecule has 1 N–H and O–H groups in total. The summed E-state index contributed by atoms with van der Waals surface area (Å²) in [5, 5.41) is 11.1. The average Bonchev–Trinajstić information content (AvgIpc) is 3.13. The summed E-state index contributed by atoms with van der Waals surface area (Å²) in [6, 6.07) is 15.5. The van der Waals surface area contributed by atoms with Crippen molar-refractivity contribution in [1.29, 1.82) is 0 Å². The van der Waals surface area contributed by atoms with E-state index >= 15 is 0 Å². The van der Waals surface area contributed by atoms with Crippen LogP contribution in [0.3, 0.4) is 0 Å². The molecule has 0 aliphatic carbocycles. The van der Waals surface area contributed by atoms with Crippen LogP contribution in [0.5, 0.6) is 11.5 Å². The van der Waals surface area contributed by atoms with E-state index in [2.05, 4.69) is 0 Å². The fraction of sp³-hybridized carbons (Fsp3) is 0.154. The standard InChI is InChI=1S/C26H20F3NO5/c1-34-18-11-12-19(20(14-18)35-2)22-21(23(31)15-7-4-3-5-8-15)24(32)25(33)30(22)17-10-6-9-16(13-17)26(27,28)29/h3-14,22,31H,1-2H3/b23-21+. The second kappa shape index (κ2) is 9.17. The number of halogens is 3. The topological polar surface area (TPSA) is 76.1 Å². The van der Waals surface area contributed by atoms with Crippen molar-refractivity contribution in [2.45, 2.75) is 12.2 Å². The lowest BCUT2D eigenvalue weighted by Crippen LogP contribution is -2.30. The van der Waals surface area contributed by atoms with Crippen LogP contribution < -0.4 is 14.4 Å². The Hall–Kier alpha value is -4.27. The summed E-state index contributed by atoms with van der Waals surface area (Å²) in [6.45, 7) is 0. The van der Waals surface area contributed by atoms with Crippen LogP contribution in [0.15, 0.2) is 78.4 Å². The predicted molar refractivity (Wildman–Crippen MR) is 122 cm³/mol. The second-order valence-corrected chi connectivity index (χ2v) is 7.69. The molecule has 180 valence electrons. The number of hydrogen-bond donors (Lipinski definition) is 1. The van der Waals surface area contributed by atoms with Gasteiger partial charge in [-0.25, -0.2) is 0 Å². The van der Waals surface area contributed by atoms with E-state index in [0.717, 1.165) is 23.1 Å². The molecule has 9 heteroatoms. The molecule has 6 nitrogen and oxygen atoms in total. The predicted octanol–water partition coefficient (Wildman–Crippen LogP) is 5.35. The number of carbonyl (C=O) groups is 2. The zero-order valence-electron chi connectivity index (χ0n) is 18.7. The Morgan fingerprint density at radius 2 is 1.63 bits per heavy atom. The molecule has 4 rings (SSSR count). The van der Waals surface area contributed by atoms with Crippen molar-refractivity contribution >= 4 is 23.1 Å². The van der Waals surface area contributed by atoms with Crippen LogP contribution in [-0.2, 0) is 15.8 Å². The Kier molecular flexibility index (Phi) is 6.26. The first-order valence-corrected chi connectivity index (χ1v) is 10.4. The molecule has 0 bridgehead atoms. The summed E-state index contributed by atoms with van der Waals surface area (Å²) in [7, 11) is 2.81. The third kappa shape index (κ3) is 4.32. The minimum Gasteiger partial charge on any atom is -0.507 e. The molecular weight excluding hydrogens is 463 g/mol. The van der Waals surface area contributed by atoms with E-state index in [4.69, 9.17) is 9.47 Å². The van der Waals surface area contributed by atoms with Gasteiger partial charge in [0.15, 0.2) is 0 Å². The number of aliphatic hydroxyl groups excluding tert-OH is 1. The van der Waals surface area contributed by atoms with E-state index in [9.17, 15) is 27.9 Å². The van der Waals surface area contributed by atoms with Crippen molar-refractivity contribution < 1.29 is 37.3 Å². The maximum Gasteiger partial charge on any atom is 0.416 e. The molecule has 1 saturated heterocycles. The number of nitrogens with zero attached hydrogens (tertiary/aromatic N) is 1. The molecule has 0 radical (unpaired) electrons. The number of alkyl halides is 3. The summed E-state index contributed by atoms with van der Waals surface area (Å²) >= 11 is 0. The second-order valence-electron chi connectivity index (χ2n) is 7.69. The highest BCUT2D eigenvalue weighted by Crippen LogP contribution is 2.46. The van der Waals surface area contributed by atoms with Gasteiger partial charge in [-0.1, -0.05) is 36.4 Å². The normalized spacial score (nSPS) is 17.5. The lowest BCUT2D eigenvalue weighted by Gasteiger charge is -2.27. The van der Waals surface area contributed by atoms with Crippen molar-refractivity contribution in [3.8, 4) is 11.5 Å². The first-order valence-electron chi connectivity index (χ1n) is 10.4. The summed E-state index contributed by atoms with van der Waals surface area (Å²) in [6.07, 6.45) is -4.67. The number of Topliss-reactive ketones (excluding diaryl/α,β-unsaturated/α-hetero) is 1. The number of aliphatic hydroxyl groups is 1. The summed E-state index contributed by atoms with van der Waals surface area (Å²) in [5.41, 5.74) is -0.867. The number of hydrogen-bond acceptors (Lipinski definition) is 5. The van der Waals surface area contributed by atoms with Gasteiger partial charge >= 0.3 is 6.18 Å². The van der Waals surface area contributed by atoms with Crippen LogP contribution in [0.25, 0.3) is 5.76 Å². The van der Waals surface area contributed by atoms with Crippen molar-refractivity contribution in [1.82, 2.24) is 0 Å². The molecule has 1 unspecified atom stereocenters. The van der Waals surface area contributed by atoms with E-state index in [1.165, 1.54) is 32.4 Å². The molecule has 1 atom stereocenters. The van der Waals surface area contributed by atoms with E-state index in [1.807, 2.05) is 0 Å². The van der Waals surface area contributed by atoms with Crippen LogP contribution in [0.2, 0.25) is 0 Å². The lowest BCUT2D eigenvalue weighted by molar-refractivity contribution is -0.137. The molecule has 1 aliphatic heterocycles. The van der Waals surface area contributed by atoms with E-state index in [1.54, 1.807) is 36.4 Å². The quantitative estimate of drug-likeness (QED) is 0.301. The minimum atomic E-state index is -4.67. The molecule has 3 aromatic rings. The zero-order chi connectivity index (χ0) is 25.3. The Labute approximate surface area is 198 Å². The van der Waals surface area contributed by atoms with Gasteiger partial charge in [-0.15, -0.1) is 0 Å². The summed E-state index contributed by atoms with van der Waals surface area (Å²) in [4.78, 5) is 27.3. The third-order valence-corrected chi connectivity index (χ3v) is 5.68. The number of methoxy groups -OCH3 is 2. The lowest BCUT2D eigenvalue weighted by atomic mass is 9.94. The molecule has 0 saturated carbocycles. The Bertz CT molecular complexity index is 1320. The van der Waals surface area contributed by atoms with Gasteiger partial charge in [-0.2, -0.15) is 13.2 Å². The fourth-order valence-electron chi connectivity index (χ4n) is 4.02. The number of amides is 1. The number of anilines is 1. The maximum atomic E-state index is 13.4. The molecule has 1 amide bonds. The molecule has 0 aromatic heterocycles. The van der Waals surface area contributed by atoms with Crippen LogP contribution in [0, 0.1) is 0 Å². The highest BCUT2D eigenvalue weighted by molar-refractivity contribution is 6.51. The average molecular weight is 483 g/mol. The van der Waals surface area contributed by atoms with E-state index in [0.29, 0.717) is 5.75 Å². The molecule has 1 fully saturated rings. The van der Waals surface area contributed by atoms with E-state index < -0.39 is 35.2 Å². The molecule has 0 spiro atoms. The van der Waals surface area contributed by atoms with Crippen molar-refractivity contribution in [3.05, 3.63) is 95.1 Å². The first-order chi connectivity index (χ1) is 16.7. The molecule has 1 heterocycles. The van der Waals surface area contributed by atoms with Gasteiger partial charge in [-0.3, -0.25) is 14.5 Å². The van der Waals surface area contributed by atoms with Crippen LogP contribution in [0.1, 0.15) is 22.7 Å². The van der Waals surface area contributed by atoms with Crippen LogP contribution in [0.4, 0.5) is 18.9 Å². The van der Waals surface area contributed by atoms with E-state index in [-0.39, 0.29) is 28.1 Å². The molecule has 3 aromatic carbocycles. The number of benzene rings is 3. The maximum absolute atomic E-state index is 13.4. The SMILES string of the molecule is COc1ccc(C2/C(=C(\O)c3ccccc3)C(=O)C(=O)N2c2cccc(C(F)(F)F)c2)c(OC)c1. The zero-order valence-corrected chi connectivity index (χ0v) is 18.7. The summed E-state index contributed by atoms with van der Waals surface area (Å²) < 4.78 is 50.9. The van der Waals surface area contributed by atoms with Gasteiger partial charge in [0, 0.05) is 22.9 Å². The van der Waals surface area contributed by atoms with Gasteiger partial charge in [0.1, 0.15) is 17.3 Å². The van der Waals surface area contributed by atoms with Gasteiger partial charge in [0.05, 0.1) is 31.4 Å². The van der Waals surface area contributed by atoms with Crippen molar-refractivity contribution in [3.63, 3.8) is 0 Å².